The SMILES string of the molecule is Cc1ccc2nccc(N(C)Cc3nccn3C(F)F)c2c1. The van der Waals surface area contributed by atoms with Crippen LogP contribution in [-0.2, 0) is 6.54 Å². The van der Waals surface area contributed by atoms with E-state index in [0.29, 0.717) is 12.4 Å². The Kier molecular flexibility index (Phi) is 3.75. The topological polar surface area (TPSA) is 34.0 Å². The Hall–Kier alpha value is -2.50. The minimum Gasteiger partial charge on any atom is -0.367 e. The van der Waals surface area contributed by atoms with Crippen molar-refractivity contribution in [1.82, 2.24) is 14.5 Å². The number of aromatic nitrogens is 3. The normalized spacial score (nSPS) is 11.3. The Labute approximate surface area is 127 Å². The van der Waals surface area contributed by atoms with Crippen molar-refractivity contribution in [3.05, 3.63) is 54.2 Å². The van der Waals surface area contributed by atoms with E-state index in [1.165, 1.54) is 12.4 Å². The number of pyridine rings is 1. The number of alkyl halides is 2. The van der Waals surface area contributed by atoms with Crippen molar-refractivity contribution >= 4 is 16.6 Å². The third-order valence-electron chi connectivity index (χ3n) is 3.62. The summed E-state index contributed by atoms with van der Waals surface area (Å²) in [5, 5.41) is 1.00. The molecular formula is C16H16F2N4. The first kappa shape index (κ1) is 14.4. The highest BCUT2D eigenvalue weighted by atomic mass is 19.3. The molecule has 22 heavy (non-hydrogen) atoms. The van der Waals surface area contributed by atoms with Crippen LogP contribution in [0.1, 0.15) is 17.9 Å². The molecule has 0 amide bonds. The molecule has 3 aromatic rings. The average Bonchev–Trinajstić information content (AvgIpc) is 2.94. The van der Waals surface area contributed by atoms with Gasteiger partial charge in [0.1, 0.15) is 5.82 Å². The number of hydrogen-bond acceptors (Lipinski definition) is 3. The van der Waals surface area contributed by atoms with Gasteiger partial charge in [0.2, 0.25) is 0 Å². The van der Waals surface area contributed by atoms with E-state index < -0.39 is 6.55 Å². The molecule has 0 saturated carbocycles. The Morgan fingerprint density at radius 1 is 1.18 bits per heavy atom. The standard InChI is InChI=1S/C16H16F2N4/c1-11-3-4-13-12(9-11)14(5-6-19-13)21(2)10-15-20-7-8-22(15)16(17)18/h3-9,16H,10H2,1-2H3. The second kappa shape index (κ2) is 5.71. The zero-order valence-electron chi connectivity index (χ0n) is 12.4. The van der Waals surface area contributed by atoms with Gasteiger partial charge in [-0.05, 0) is 25.1 Å². The Balaban J connectivity index is 1.97. The Morgan fingerprint density at radius 2 is 2.00 bits per heavy atom. The lowest BCUT2D eigenvalue weighted by Crippen LogP contribution is -2.20. The average molecular weight is 302 g/mol. The molecule has 0 aliphatic rings. The molecule has 0 bridgehead atoms. The molecule has 4 nitrogen and oxygen atoms in total. The lowest BCUT2D eigenvalue weighted by atomic mass is 10.1. The molecule has 0 N–H and O–H groups in total. The van der Waals surface area contributed by atoms with Crippen LogP contribution in [0.5, 0.6) is 0 Å². The van der Waals surface area contributed by atoms with Gasteiger partial charge in [0.15, 0.2) is 0 Å². The summed E-state index contributed by atoms with van der Waals surface area (Å²) in [5.41, 5.74) is 2.95. The van der Waals surface area contributed by atoms with E-state index in [1.54, 1.807) is 6.20 Å². The quantitative estimate of drug-likeness (QED) is 0.735. The summed E-state index contributed by atoms with van der Waals surface area (Å²) in [6.45, 7) is -0.272. The number of rotatable bonds is 4. The van der Waals surface area contributed by atoms with E-state index in [2.05, 4.69) is 9.97 Å². The number of hydrogen-bond donors (Lipinski definition) is 0. The van der Waals surface area contributed by atoms with Gasteiger partial charge in [-0.1, -0.05) is 11.6 Å². The summed E-state index contributed by atoms with van der Waals surface area (Å²) in [6.07, 6.45) is 4.41. The van der Waals surface area contributed by atoms with Crippen molar-refractivity contribution in [3.63, 3.8) is 0 Å². The molecule has 1 aromatic carbocycles. The second-order valence-corrected chi connectivity index (χ2v) is 5.24. The van der Waals surface area contributed by atoms with Crippen LogP contribution >= 0.6 is 0 Å². The number of nitrogens with zero attached hydrogens (tertiary/aromatic N) is 4. The van der Waals surface area contributed by atoms with Crippen molar-refractivity contribution in [2.24, 2.45) is 0 Å². The van der Waals surface area contributed by atoms with Gasteiger partial charge in [-0.2, -0.15) is 8.78 Å². The van der Waals surface area contributed by atoms with Crippen LogP contribution in [0, 0.1) is 6.92 Å². The molecule has 3 rings (SSSR count). The van der Waals surface area contributed by atoms with E-state index in [4.69, 9.17) is 0 Å². The van der Waals surface area contributed by atoms with E-state index in [0.717, 1.165) is 26.7 Å². The van der Waals surface area contributed by atoms with Gasteiger partial charge in [-0.15, -0.1) is 0 Å². The van der Waals surface area contributed by atoms with E-state index >= 15 is 0 Å². The smallest absolute Gasteiger partial charge is 0.319 e. The summed E-state index contributed by atoms with van der Waals surface area (Å²) in [4.78, 5) is 10.3. The molecule has 0 unspecified atom stereocenters. The van der Waals surface area contributed by atoms with Gasteiger partial charge in [-0.25, -0.2) is 4.98 Å². The number of anilines is 1. The van der Waals surface area contributed by atoms with E-state index in [9.17, 15) is 8.78 Å². The van der Waals surface area contributed by atoms with Crippen LogP contribution in [0.15, 0.2) is 42.9 Å². The monoisotopic (exact) mass is 302 g/mol. The highest BCUT2D eigenvalue weighted by Gasteiger charge is 2.14. The number of imidazole rings is 1. The summed E-state index contributed by atoms with van der Waals surface area (Å²) in [6, 6.07) is 7.90. The molecule has 0 aliphatic heterocycles. The van der Waals surface area contributed by atoms with Crippen molar-refractivity contribution in [2.45, 2.75) is 20.0 Å². The lowest BCUT2D eigenvalue weighted by Gasteiger charge is -2.21. The molecule has 6 heteroatoms. The zero-order valence-corrected chi connectivity index (χ0v) is 12.4. The number of fused-ring (bicyclic) bond motifs is 1. The number of aryl methyl sites for hydroxylation is 1. The van der Waals surface area contributed by atoms with Gasteiger partial charge in [-0.3, -0.25) is 9.55 Å². The third kappa shape index (κ3) is 2.64. The maximum atomic E-state index is 12.9. The molecule has 0 atom stereocenters. The van der Waals surface area contributed by atoms with Crippen molar-refractivity contribution in [1.29, 1.82) is 0 Å². The van der Waals surface area contributed by atoms with Crippen molar-refractivity contribution in [2.75, 3.05) is 11.9 Å². The second-order valence-electron chi connectivity index (χ2n) is 5.24. The zero-order chi connectivity index (χ0) is 15.7. The van der Waals surface area contributed by atoms with Crippen LogP contribution in [0.3, 0.4) is 0 Å². The van der Waals surface area contributed by atoms with E-state index in [-0.39, 0.29) is 0 Å². The first-order valence-electron chi connectivity index (χ1n) is 6.92. The highest BCUT2D eigenvalue weighted by molar-refractivity contribution is 5.91. The van der Waals surface area contributed by atoms with Crippen LogP contribution < -0.4 is 4.90 Å². The fourth-order valence-corrected chi connectivity index (χ4v) is 2.52. The summed E-state index contributed by atoms with van der Waals surface area (Å²) < 4.78 is 26.7. The Morgan fingerprint density at radius 3 is 2.77 bits per heavy atom. The van der Waals surface area contributed by atoms with Gasteiger partial charge in [0, 0.05) is 36.7 Å². The van der Waals surface area contributed by atoms with Crippen LogP contribution in [-0.4, -0.2) is 21.6 Å². The van der Waals surface area contributed by atoms with E-state index in [1.807, 2.05) is 43.1 Å². The highest BCUT2D eigenvalue weighted by Crippen LogP contribution is 2.26. The molecule has 0 saturated heterocycles. The number of halogens is 2. The van der Waals surface area contributed by atoms with Gasteiger partial charge in [0.05, 0.1) is 12.1 Å². The van der Waals surface area contributed by atoms with Crippen molar-refractivity contribution in [3.8, 4) is 0 Å². The van der Waals surface area contributed by atoms with Crippen LogP contribution in [0.4, 0.5) is 14.5 Å². The van der Waals surface area contributed by atoms with Gasteiger partial charge in [0.25, 0.3) is 0 Å². The third-order valence-corrected chi connectivity index (χ3v) is 3.62. The van der Waals surface area contributed by atoms with Gasteiger partial charge >= 0.3 is 6.55 Å². The van der Waals surface area contributed by atoms with Crippen molar-refractivity contribution < 1.29 is 8.78 Å². The largest absolute Gasteiger partial charge is 0.367 e. The first-order valence-corrected chi connectivity index (χ1v) is 6.92. The predicted molar refractivity (Wildman–Crippen MR) is 82.1 cm³/mol. The molecule has 0 radical (unpaired) electrons. The summed E-state index contributed by atoms with van der Waals surface area (Å²) >= 11 is 0. The van der Waals surface area contributed by atoms with Gasteiger partial charge < -0.3 is 4.90 Å². The molecule has 2 aromatic heterocycles. The Bertz CT molecular complexity index is 798. The fourth-order valence-electron chi connectivity index (χ4n) is 2.52. The van der Waals surface area contributed by atoms with Crippen LogP contribution in [0.2, 0.25) is 0 Å². The number of benzene rings is 1. The molecule has 2 heterocycles. The summed E-state index contributed by atoms with van der Waals surface area (Å²) in [5.74, 6) is 0.329. The molecule has 0 aliphatic carbocycles. The molecule has 0 fully saturated rings. The minimum atomic E-state index is -2.58. The van der Waals surface area contributed by atoms with Crippen LogP contribution in [0.25, 0.3) is 10.9 Å². The summed E-state index contributed by atoms with van der Waals surface area (Å²) in [7, 11) is 1.86. The maximum absolute atomic E-state index is 12.9. The maximum Gasteiger partial charge on any atom is 0.319 e. The lowest BCUT2D eigenvalue weighted by molar-refractivity contribution is 0.0670. The molecule has 0 spiro atoms. The first-order chi connectivity index (χ1) is 10.6. The predicted octanol–water partition coefficient (Wildman–Crippen LogP) is 3.77. The molecular weight excluding hydrogens is 286 g/mol. The fraction of sp³-hybridized carbons (Fsp3) is 0.250. The minimum absolute atomic E-state index is 0.296. The molecule has 114 valence electrons.